The summed E-state index contributed by atoms with van der Waals surface area (Å²) in [5.74, 6) is -0.0898. The van der Waals surface area contributed by atoms with Crippen molar-refractivity contribution in [2.45, 2.75) is 44.3 Å². The third-order valence-corrected chi connectivity index (χ3v) is 4.02. The fraction of sp³-hybridized carbons (Fsp3) is 0.600. The van der Waals surface area contributed by atoms with Crippen LogP contribution in [0.15, 0.2) is 12.1 Å². The van der Waals surface area contributed by atoms with Crippen molar-refractivity contribution in [1.29, 1.82) is 5.26 Å². The third-order valence-electron chi connectivity index (χ3n) is 4.02. The average molecular weight is 313 g/mol. The molecule has 4 nitrogen and oxygen atoms in total. The van der Waals surface area contributed by atoms with Crippen LogP contribution in [0.3, 0.4) is 0 Å². The summed E-state index contributed by atoms with van der Waals surface area (Å²) in [5.41, 5.74) is -0.947. The van der Waals surface area contributed by atoms with Crippen LogP contribution in [0.4, 0.5) is 19.0 Å². The lowest BCUT2D eigenvalue weighted by Crippen LogP contribution is -2.31. The number of pyridine rings is 1. The Balaban J connectivity index is 2.28. The van der Waals surface area contributed by atoms with E-state index in [1.807, 2.05) is 6.07 Å². The number of alkyl halides is 3. The number of nitrogens with one attached hydrogen (secondary N) is 1. The van der Waals surface area contributed by atoms with Gasteiger partial charge in [-0.2, -0.15) is 18.4 Å². The van der Waals surface area contributed by atoms with Crippen LogP contribution in [0.5, 0.6) is 0 Å². The molecule has 1 heterocycles. The number of aliphatic hydroxyl groups is 1. The number of hydrogen-bond acceptors (Lipinski definition) is 4. The number of aliphatic hydroxyl groups excluding tert-OH is 1. The first-order valence-electron chi connectivity index (χ1n) is 7.31. The van der Waals surface area contributed by atoms with E-state index in [-0.39, 0.29) is 29.9 Å². The lowest BCUT2D eigenvalue weighted by molar-refractivity contribution is -0.141. The molecular weight excluding hydrogens is 295 g/mol. The van der Waals surface area contributed by atoms with Crippen LogP contribution in [0, 0.1) is 17.2 Å². The molecule has 120 valence electrons. The number of nitrogens with zero attached hydrogens (tertiary/aromatic N) is 2. The van der Waals surface area contributed by atoms with E-state index in [2.05, 4.69) is 10.3 Å². The van der Waals surface area contributed by atoms with Gasteiger partial charge >= 0.3 is 6.18 Å². The van der Waals surface area contributed by atoms with Crippen molar-refractivity contribution >= 4 is 5.82 Å². The number of hydrogen-bond donors (Lipinski definition) is 2. The van der Waals surface area contributed by atoms with E-state index in [0.717, 1.165) is 44.2 Å². The molecule has 1 aromatic rings. The highest BCUT2D eigenvalue weighted by molar-refractivity contribution is 5.53. The Hall–Kier alpha value is -1.81. The Bertz CT molecular complexity index is 554. The number of nitriles is 1. The summed E-state index contributed by atoms with van der Waals surface area (Å²) in [6, 6.07) is 3.62. The maximum atomic E-state index is 12.8. The largest absolute Gasteiger partial charge is 0.433 e. The van der Waals surface area contributed by atoms with Crippen LogP contribution >= 0.6 is 0 Å². The number of aromatic nitrogens is 1. The topological polar surface area (TPSA) is 68.9 Å². The summed E-state index contributed by atoms with van der Waals surface area (Å²) in [6.45, 7) is -0.0293. The van der Waals surface area contributed by atoms with E-state index in [0.29, 0.717) is 0 Å². The van der Waals surface area contributed by atoms with Crippen molar-refractivity contribution in [1.82, 2.24) is 4.98 Å². The van der Waals surface area contributed by atoms with Crippen LogP contribution in [0.2, 0.25) is 0 Å². The molecule has 0 bridgehead atoms. The van der Waals surface area contributed by atoms with Crippen molar-refractivity contribution < 1.29 is 18.3 Å². The highest BCUT2D eigenvalue weighted by Gasteiger charge is 2.33. The van der Waals surface area contributed by atoms with Crippen LogP contribution in [-0.4, -0.2) is 22.7 Å². The number of rotatable bonds is 3. The molecule has 0 amide bonds. The SMILES string of the molecule is N#Cc1ccc(C(F)(F)F)nc1N[C@H]1CCCCC[C@H]1CO. The average Bonchev–Trinajstić information content (AvgIpc) is 2.71. The molecule has 0 radical (unpaired) electrons. The van der Waals surface area contributed by atoms with Crippen LogP contribution < -0.4 is 5.32 Å². The molecule has 0 saturated heterocycles. The number of anilines is 1. The highest BCUT2D eigenvalue weighted by Crippen LogP contribution is 2.31. The molecule has 1 fully saturated rings. The highest BCUT2D eigenvalue weighted by atomic mass is 19.4. The van der Waals surface area contributed by atoms with Gasteiger partial charge in [-0.15, -0.1) is 0 Å². The molecule has 0 aromatic carbocycles. The normalized spacial score (nSPS) is 22.7. The van der Waals surface area contributed by atoms with Crippen molar-refractivity contribution in [2.75, 3.05) is 11.9 Å². The molecule has 2 N–H and O–H groups in total. The molecule has 0 aliphatic heterocycles. The van der Waals surface area contributed by atoms with Crippen molar-refractivity contribution in [3.8, 4) is 6.07 Å². The first-order chi connectivity index (χ1) is 10.5. The zero-order valence-electron chi connectivity index (χ0n) is 12.0. The van der Waals surface area contributed by atoms with Gasteiger partial charge in [0.2, 0.25) is 0 Å². The smallest absolute Gasteiger partial charge is 0.396 e. The maximum Gasteiger partial charge on any atom is 0.433 e. The summed E-state index contributed by atoms with van der Waals surface area (Å²) in [7, 11) is 0. The standard InChI is InChI=1S/C15H18F3N3O/c16-15(17,18)13-7-6-10(8-19)14(21-13)20-12-5-3-1-2-4-11(12)9-22/h6-7,11-12,22H,1-5,9H2,(H,20,21)/t11-,12-/m0/s1. The Morgan fingerprint density at radius 2 is 2.00 bits per heavy atom. The molecule has 0 unspecified atom stereocenters. The van der Waals surface area contributed by atoms with Gasteiger partial charge in [-0.3, -0.25) is 0 Å². The zero-order valence-corrected chi connectivity index (χ0v) is 12.0. The fourth-order valence-corrected chi connectivity index (χ4v) is 2.79. The Morgan fingerprint density at radius 3 is 2.64 bits per heavy atom. The minimum absolute atomic E-state index is 0.0293. The zero-order chi connectivity index (χ0) is 16.2. The van der Waals surface area contributed by atoms with Crippen molar-refractivity contribution in [3.05, 3.63) is 23.4 Å². The molecule has 1 saturated carbocycles. The predicted molar refractivity (Wildman–Crippen MR) is 75.0 cm³/mol. The van der Waals surface area contributed by atoms with E-state index < -0.39 is 11.9 Å². The second-order valence-electron chi connectivity index (χ2n) is 5.53. The lowest BCUT2D eigenvalue weighted by atomic mass is 9.95. The van der Waals surface area contributed by atoms with Gasteiger partial charge in [-0.05, 0) is 25.0 Å². The summed E-state index contributed by atoms with van der Waals surface area (Å²) in [6.07, 6.45) is -0.0252. The first kappa shape index (κ1) is 16.6. The Kier molecular flexibility index (Phi) is 5.24. The summed E-state index contributed by atoms with van der Waals surface area (Å²) >= 11 is 0. The van der Waals surface area contributed by atoms with Gasteiger partial charge in [0.25, 0.3) is 0 Å². The molecule has 1 aliphatic rings. The van der Waals surface area contributed by atoms with Gasteiger partial charge in [-0.1, -0.05) is 19.3 Å². The Morgan fingerprint density at radius 1 is 1.27 bits per heavy atom. The van der Waals surface area contributed by atoms with Crippen LogP contribution in [0.25, 0.3) is 0 Å². The van der Waals surface area contributed by atoms with Crippen LogP contribution in [0.1, 0.15) is 43.4 Å². The molecule has 2 atom stereocenters. The lowest BCUT2D eigenvalue weighted by Gasteiger charge is -2.25. The summed E-state index contributed by atoms with van der Waals surface area (Å²) in [4.78, 5) is 3.57. The molecule has 0 spiro atoms. The molecule has 1 aliphatic carbocycles. The van der Waals surface area contributed by atoms with Crippen LogP contribution in [-0.2, 0) is 6.18 Å². The minimum atomic E-state index is -4.55. The summed E-state index contributed by atoms with van der Waals surface area (Å²) < 4.78 is 38.3. The maximum absolute atomic E-state index is 12.8. The second kappa shape index (κ2) is 6.97. The third kappa shape index (κ3) is 3.89. The van der Waals surface area contributed by atoms with Gasteiger partial charge in [0, 0.05) is 18.6 Å². The fourth-order valence-electron chi connectivity index (χ4n) is 2.79. The van der Waals surface area contributed by atoms with E-state index >= 15 is 0 Å². The van der Waals surface area contributed by atoms with Gasteiger partial charge in [0.1, 0.15) is 17.6 Å². The quantitative estimate of drug-likeness (QED) is 0.840. The minimum Gasteiger partial charge on any atom is -0.396 e. The Labute approximate surface area is 127 Å². The van der Waals surface area contributed by atoms with E-state index in [4.69, 9.17) is 5.26 Å². The van der Waals surface area contributed by atoms with E-state index in [1.165, 1.54) is 0 Å². The van der Waals surface area contributed by atoms with E-state index in [9.17, 15) is 18.3 Å². The molecule has 7 heteroatoms. The van der Waals surface area contributed by atoms with Crippen molar-refractivity contribution in [3.63, 3.8) is 0 Å². The first-order valence-corrected chi connectivity index (χ1v) is 7.31. The number of halogens is 3. The summed E-state index contributed by atoms with van der Waals surface area (Å²) in [5, 5.41) is 21.5. The molecular formula is C15H18F3N3O. The van der Waals surface area contributed by atoms with E-state index in [1.54, 1.807) is 0 Å². The molecule has 2 rings (SSSR count). The van der Waals surface area contributed by atoms with Crippen molar-refractivity contribution in [2.24, 2.45) is 5.92 Å². The monoisotopic (exact) mass is 313 g/mol. The van der Waals surface area contributed by atoms with Gasteiger partial charge < -0.3 is 10.4 Å². The molecule has 1 aromatic heterocycles. The van der Waals surface area contributed by atoms with Gasteiger partial charge in [0.15, 0.2) is 0 Å². The second-order valence-corrected chi connectivity index (χ2v) is 5.53. The van der Waals surface area contributed by atoms with Gasteiger partial charge in [-0.25, -0.2) is 4.98 Å². The van der Waals surface area contributed by atoms with Gasteiger partial charge in [0.05, 0.1) is 5.56 Å². The predicted octanol–water partition coefficient (Wildman–Crippen LogP) is 3.33. The molecule has 22 heavy (non-hydrogen) atoms.